The van der Waals surface area contributed by atoms with Gasteiger partial charge in [0.1, 0.15) is 5.75 Å². The van der Waals surface area contributed by atoms with Gasteiger partial charge in [-0.2, -0.15) is 0 Å². The summed E-state index contributed by atoms with van der Waals surface area (Å²) in [6, 6.07) is 12.2. The van der Waals surface area contributed by atoms with Gasteiger partial charge in [-0.05, 0) is 91.5 Å². The molecule has 1 heterocycles. The number of aryl methyl sites for hydroxylation is 2. The van der Waals surface area contributed by atoms with Crippen molar-refractivity contribution in [3.05, 3.63) is 71.3 Å². The van der Waals surface area contributed by atoms with Crippen LogP contribution in [0.5, 0.6) is 5.75 Å². The minimum absolute atomic E-state index is 0.0923. The summed E-state index contributed by atoms with van der Waals surface area (Å²) in [6.45, 7) is 3.90. The second-order valence-electron chi connectivity index (χ2n) is 9.43. The second-order valence-corrected chi connectivity index (χ2v) is 9.43. The molecule has 4 aliphatic carbocycles. The Bertz CT molecular complexity index is 1110. The molecule has 0 spiro atoms. The summed E-state index contributed by atoms with van der Waals surface area (Å²) in [7, 11) is 0. The minimum atomic E-state index is -0.466. The molecule has 2 amide bonds. The van der Waals surface area contributed by atoms with E-state index in [-0.39, 0.29) is 35.5 Å². The van der Waals surface area contributed by atoms with E-state index in [1.807, 2.05) is 32.0 Å². The third kappa shape index (κ3) is 2.72. The van der Waals surface area contributed by atoms with E-state index in [2.05, 4.69) is 12.2 Å². The molecule has 1 saturated heterocycles. The van der Waals surface area contributed by atoms with E-state index in [4.69, 9.17) is 4.74 Å². The molecular formula is C26H23NO4. The SMILES string of the molecule is Cc1cc(C)cc(OC(=O)c2ccc(N3C(=O)C4C5C=CC(C6CC56)C4C3=O)cc2)c1. The van der Waals surface area contributed by atoms with Gasteiger partial charge >= 0.3 is 5.97 Å². The van der Waals surface area contributed by atoms with Crippen LogP contribution in [0.4, 0.5) is 5.69 Å². The first-order chi connectivity index (χ1) is 14.9. The van der Waals surface area contributed by atoms with E-state index in [1.165, 1.54) is 4.90 Å². The molecule has 156 valence electrons. The number of amides is 2. The number of imide groups is 1. The standard InChI is InChI=1S/C26H23NO4/c1-13-9-14(2)11-17(10-13)31-26(30)15-3-5-16(6-4-15)27-24(28)22-18-7-8-19(21-12-20(18)21)23(22)25(27)29/h3-11,18-23H,12H2,1-2H3. The first-order valence-corrected chi connectivity index (χ1v) is 10.9. The van der Waals surface area contributed by atoms with Crippen molar-refractivity contribution in [2.24, 2.45) is 35.5 Å². The van der Waals surface area contributed by atoms with Crippen LogP contribution < -0.4 is 9.64 Å². The smallest absolute Gasteiger partial charge is 0.343 e. The van der Waals surface area contributed by atoms with E-state index >= 15 is 0 Å². The number of hydrogen-bond acceptors (Lipinski definition) is 4. The number of carbonyl (C=O) groups excluding carboxylic acids is 3. The van der Waals surface area contributed by atoms with E-state index in [9.17, 15) is 14.4 Å². The maximum absolute atomic E-state index is 13.2. The van der Waals surface area contributed by atoms with E-state index in [0.717, 1.165) is 17.5 Å². The molecule has 2 aromatic carbocycles. The minimum Gasteiger partial charge on any atom is -0.423 e. The number of benzene rings is 2. The van der Waals surface area contributed by atoms with Gasteiger partial charge in [-0.1, -0.05) is 18.2 Å². The summed E-state index contributed by atoms with van der Waals surface area (Å²) < 4.78 is 5.51. The molecule has 0 aromatic heterocycles. The summed E-state index contributed by atoms with van der Waals surface area (Å²) in [5.74, 6) is 0.970. The first kappa shape index (κ1) is 18.6. The van der Waals surface area contributed by atoms with Crippen LogP contribution in [0.3, 0.4) is 0 Å². The number of hydrogen-bond donors (Lipinski definition) is 0. The highest BCUT2D eigenvalue weighted by Gasteiger charge is 2.67. The van der Waals surface area contributed by atoms with Gasteiger partial charge in [0.05, 0.1) is 23.1 Å². The lowest BCUT2D eigenvalue weighted by Gasteiger charge is -2.37. The zero-order valence-corrected chi connectivity index (χ0v) is 17.4. The molecule has 2 aromatic rings. The van der Waals surface area contributed by atoms with Crippen molar-refractivity contribution in [2.45, 2.75) is 20.3 Å². The third-order valence-electron chi connectivity index (χ3n) is 7.43. The Kier molecular flexibility index (Phi) is 3.83. The predicted molar refractivity (Wildman–Crippen MR) is 115 cm³/mol. The van der Waals surface area contributed by atoms with Gasteiger partial charge in [0.25, 0.3) is 0 Å². The van der Waals surface area contributed by atoms with Crippen LogP contribution in [-0.2, 0) is 9.59 Å². The number of esters is 1. The Morgan fingerprint density at radius 3 is 1.97 bits per heavy atom. The first-order valence-electron chi connectivity index (χ1n) is 10.9. The Morgan fingerprint density at radius 2 is 1.42 bits per heavy atom. The van der Waals surface area contributed by atoms with E-state index < -0.39 is 5.97 Å². The Labute approximate surface area is 180 Å². The summed E-state index contributed by atoms with van der Waals surface area (Å²) in [5, 5.41) is 0. The molecule has 7 rings (SSSR count). The molecule has 5 aliphatic rings. The zero-order valence-electron chi connectivity index (χ0n) is 17.4. The second kappa shape index (κ2) is 6.39. The summed E-state index contributed by atoms with van der Waals surface area (Å²) in [5.41, 5.74) is 2.95. The maximum Gasteiger partial charge on any atom is 0.343 e. The maximum atomic E-state index is 13.2. The third-order valence-corrected chi connectivity index (χ3v) is 7.43. The van der Waals surface area contributed by atoms with Crippen LogP contribution in [0.15, 0.2) is 54.6 Å². The number of allylic oxidation sites excluding steroid dienone is 2. The topological polar surface area (TPSA) is 63.7 Å². The van der Waals surface area contributed by atoms with Crippen molar-refractivity contribution >= 4 is 23.5 Å². The number of anilines is 1. The Balaban J connectivity index is 1.23. The van der Waals surface area contributed by atoms with Gasteiger partial charge in [-0.3, -0.25) is 14.5 Å². The fourth-order valence-electron chi connectivity index (χ4n) is 6.12. The normalized spacial score (nSPS) is 32.1. The highest BCUT2D eigenvalue weighted by Crippen LogP contribution is 2.65. The van der Waals surface area contributed by atoms with Gasteiger partial charge in [-0.15, -0.1) is 0 Å². The molecule has 0 N–H and O–H groups in total. The van der Waals surface area contributed by atoms with Crippen molar-refractivity contribution in [1.29, 1.82) is 0 Å². The molecular weight excluding hydrogens is 390 g/mol. The van der Waals surface area contributed by atoms with Gasteiger partial charge in [0, 0.05) is 0 Å². The Hall–Kier alpha value is -3.21. The van der Waals surface area contributed by atoms with Crippen molar-refractivity contribution in [1.82, 2.24) is 0 Å². The molecule has 0 radical (unpaired) electrons. The molecule has 31 heavy (non-hydrogen) atoms. The molecule has 1 aliphatic heterocycles. The average Bonchev–Trinajstić information content (AvgIpc) is 3.51. The molecule has 6 unspecified atom stereocenters. The van der Waals surface area contributed by atoms with Crippen molar-refractivity contribution in [3.8, 4) is 5.75 Å². The molecule has 3 fully saturated rings. The molecule has 5 nitrogen and oxygen atoms in total. The van der Waals surface area contributed by atoms with Gasteiger partial charge in [-0.25, -0.2) is 4.79 Å². The Morgan fingerprint density at radius 1 is 0.871 bits per heavy atom. The fraction of sp³-hybridized carbons (Fsp3) is 0.346. The van der Waals surface area contributed by atoms with Crippen molar-refractivity contribution < 1.29 is 19.1 Å². The average molecular weight is 413 g/mol. The van der Waals surface area contributed by atoms with Crippen LogP contribution in [0.25, 0.3) is 0 Å². The van der Waals surface area contributed by atoms with Crippen LogP contribution in [0, 0.1) is 49.4 Å². The number of carbonyl (C=O) groups is 3. The van der Waals surface area contributed by atoms with Gasteiger partial charge in [0.2, 0.25) is 11.8 Å². The molecule has 2 saturated carbocycles. The summed E-state index contributed by atoms with van der Waals surface area (Å²) in [6.07, 6.45) is 5.48. The monoisotopic (exact) mass is 413 g/mol. The van der Waals surface area contributed by atoms with Crippen molar-refractivity contribution in [2.75, 3.05) is 4.90 Å². The van der Waals surface area contributed by atoms with E-state index in [0.29, 0.717) is 28.8 Å². The largest absolute Gasteiger partial charge is 0.423 e. The molecule has 5 heteroatoms. The predicted octanol–water partition coefficient (Wildman–Crippen LogP) is 4.08. The molecule has 2 bridgehead atoms. The zero-order chi connectivity index (χ0) is 21.4. The fourth-order valence-corrected chi connectivity index (χ4v) is 6.12. The highest BCUT2D eigenvalue weighted by molar-refractivity contribution is 6.22. The van der Waals surface area contributed by atoms with Crippen LogP contribution in [-0.4, -0.2) is 17.8 Å². The van der Waals surface area contributed by atoms with Gasteiger partial charge in [0.15, 0.2) is 0 Å². The quantitative estimate of drug-likeness (QED) is 0.329. The highest BCUT2D eigenvalue weighted by atomic mass is 16.5. The lowest BCUT2D eigenvalue weighted by Crippen LogP contribution is -2.40. The number of ether oxygens (including phenoxy) is 1. The lowest BCUT2D eigenvalue weighted by atomic mass is 9.63. The molecule has 6 atom stereocenters. The lowest BCUT2D eigenvalue weighted by molar-refractivity contribution is -0.124. The van der Waals surface area contributed by atoms with Gasteiger partial charge < -0.3 is 4.74 Å². The van der Waals surface area contributed by atoms with Crippen LogP contribution in [0.1, 0.15) is 27.9 Å². The number of nitrogens with zero attached hydrogens (tertiary/aromatic N) is 1. The number of rotatable bonds is 3. The van der Waals surface area contributed by atoms with Crippen LogP contribution in [0.2, 0.25) is 0 Å². The van der Waals surface area contributed by atoms with Crippen molar-refractivity contribution in [3.63, 3.8) is 0 Å². The summed E-state index contributed by atoms with van der Waals surface area (Å²) in [4.78, 5) is 40.3. The van der Waals surface area contributed by atoms with E-state index in [1.54, 1.807) is 24.3 Å². The van der Waals surface area contributed by atoms with Crippen LogP contribution >= 0.6 is 0 Å². The summed E-state index contributed by atoms with van der Waals surface area (Å²) >= 11 is 0.